The molecule has 0 bridgehead atoms. The molecule has 2 aromatic rings. The van der Waals surface area contributed by atoms with E-state index < -0.39 is 5.54 Å². The molecule has 2 amide bonds. The van der Waals surface area contributed by atoms with Crippen molar-refractivity contribution in [3.8, 4) is 6.07 Å². The third kappa shape index (κ3) is 4.67. The Morgan fingerprint density at radius 1 is 1.04 bits per heavy atom. The topological polar surface area (TPSA) is 73.2 Å². The van der Waals surface area contributed by atoms with Gasteiger partial charge in [0.2, 0.25) is 0 Å². The molecule has 5 nitrogen and oxygen atoms in total. The number of hydrogen-bond donors (Lipinski definition) is 1. The van der Waals surface area contributed by atoms with E-state index in [1.165, 1.54) is 5.01 Å². The molecule has 5 heteroatoms. The van der Waals surface area contributed by atoms with Crippen molar-refractivity contribution in [2.45, 2.75) is 32.7 Å². The summed E-state index contributed by atoms with van der Waals surface area (Å²) in [6.45, 7) is 5.54. The SMILES string of the molecule is CC(C)(C)N(NC(=O)c1cccc(CC#N)c1)C(=O)c1ccccc1. The zero-order valence-electron chi connectivity index (χ0n) is 14.6. The number of carbonyl (C=O) groups is 2. The molecule has 0 spiro atoms. The Morgan fingerprint density at radius 2 is 1.68 bits per heavy atom. The summed E-state index contributed by atoms with van der Waals surface area (Å²) < 4.78 is 0. The van der Waals surface area contributed by atoms with Crippen LogP contribution in [0.4, 0.5) is 0 Å². The average Bonchev–Trinajstić information content (AvgIpc) is 2.59. The third-order valence-corrected chi connectivity index (χ3v) is 3.58. The van der Waals surface area contributed by atoms with Gasteiger partial charge in [-0.05, 0) is 50.6 Å². The van der Waals surface area contributed by atoms with Crippen LogP contribution in [0, 0.1) is 11.3 Å². The van der Waals surface area contributed by atoms with Gasteiger partial charge in [0.25, 0.3) is 11.8 Å². The highest BCUT2D eigenvalue weighted by Gasteiger charge is 2.29. The van der Waals surface area contributed by atoms with E-state index >= 15 is 0 Å². The smallest absolute Gasteiger partial charge is 0.267 e. The molecule has 0 radical (unpaired) electrons. The van der Waals surface area contributed by atoms with Crippen molar-refractivity contribution in [2.75, 3.05) is 0 Å². The maximum absolute atomic E-state index is 12.8. The van der Waals surface area contributed by atoms with Crippen molar-refractivity contribution in [2.24, 2.45) is 0 Å². The van der Waals surface area contributed by atoms with Gasteiger partial charge in [-0.3, -0.25) is 15.0 Å². The van der Waals surface area contributed by atoms with Gasteiger partial charge in [-0.15, -0.1) is 0 Å². The first-order chi connectivity index (χ1) is 11.8. The van der Waals surface area contributed by atoms with Gasteiger partial charge in [0.15, 0.2) is 0 Å². The van der Waals surface area contributed by atoms with Crippen LogP contribution in [0.1, 0.15) is 47.1 Å². The Labute approximate surface area is 147 Å². The van der Waals surface area contributed by atoms with E-state index in [1.54, 1.807) is 48.5 Å². The molecule has 1 N–H and O–H groups in total. The first-order valence-electron chi connectivity index (χ1n) is 7.99. The minimum absolute atomic E-state index is 0.229. The molecule has 2 rings (SSSR count). The second-order valence-electron chi connectivity index (χ2n) is 6.65. The predicted molar refractivity (Wildman–Crippen MR) is 95.6 cm³/mol. The fourth-order valence-corrected chi connectivity index (χ4v) is 2.31. The van der Waals surface area contributed by atoms with Crippen molar-refractivity contribution in [3.63, 3.8) is 0 Å². The Bertz CT molecular complexity index is 802. The van der Waals surface area contributed by atoms with E-state index in [1.807, 2.05) is 26.8 Å². The fraction of sp³-hybridized carbons (Fsp3) is 0.250. The summed E-state index contributed by atoms with van der Waals surface area (Å²) in [6.07, 6.45) is 0.229. The lowest BCUT2D eigenvalue weighted by atomic mass is 10.1. The lowest BCUT2D eigenvalue weighted by Gasteiger charge is -2.35. The van der Waals surface area contributed by atoms with Crippen LogP contribution in [0.3, 0.4) is 0 Å². The highest BCUT2D eigenvalue weighted by molar-refractivity contribution is 5.99. The zero-order valence-corrected chi connectivity index (χ0v) is 14.6. The van der Waals surface area contributed by atoms with E-state index in [4.69, 9.17) is 5.26 Å². The second-order valence-corrected chi connectivity index (χ2v) is 6.65. The molecule has 0 saturated carbocycles. The van der Waals surface area contributed by atoms with E-state index in [9.17, 15) is 9.59 Å². The second kappa shape index (κ2) is 7.63. The van der Waals surface area contributed by atoms with Gasteiger partial charge in [0.05, 0.1) is 18.0 Å². The van der Waals surface area contributed by atoms with Gasteiger partial charge in [-0.2, -0.15) is 5.26 Å². The van der Waals surface area contributed by atoms with Crippen molar-refractivity contribution < 1.29 is 9.59 Å². The van der Waals surface area contributed by atoms with Crippen molar-refractivity contribution in [1.29, 1.82) is 5.26 Å². The molecule has 0 aromatic heterocycles. The summed E-state index contributed by atoms with van der Waals surface area (Å²) in [7, 11) is 0. The first-order valence-corrected chi connectivity index (χ1v) is 7.99. The van der Waals surface area contributed by atoms with E-state index in [-0.39, 0.29) is 18.2 Å². The van der Waals surface area contributed by atoms with E-state index in [0.29, 0.717) is 11.1 Å². The number of nitriles is 1. The number of nitrogens with one attached hydrogen (secondary N) is 1. The van der Waals surface area contributed by atoms with Crippen molar-refractivity contribution in [3.05, 3.63) is 71.3 Å². The minimum atomic E-state index is -0.604. The number of carbonyl (C=O) groups excluding carboxylic acids is 2. The molecule has 0 saturated heterocycles. The minimum Gasteiger partial charge on any atom is -0.267 e. The number of nitrogens with zero attached hydrogens (tertiary/aromatic N) is 2. The number of benzene rings is 2. The number of hydrazine groups is 1. The molecule has 25 heavy (non-hydrogen) atoms. The summed E-state index contributed by atoms with van der Waals surface area (Å²) in [6, 6.07) is 17.7. The third-order valence-electron chi connectivity index (χ3n) is 3.58. The van der Waals surface area contributed by atoms with Crippen molar-refractivity contribution >= 4 is 11.8 Å². The van der Waals surface area contributed by atoms with E-state index in [2.05, 4.69) is 11.5 Å². The van der Waals surface area contributed by atoms with Gasteiger partial charge in [0.1, 0.15) is 0 Å². The Balaban J connectivity index is 2.26. The van der Waals surface area contributed by atoms with Gasteiger partial charge in [0, 0.05) is 11.1 Å². The maximum atomic E-state index is 12.8. The molecular formula is C20H21N3O2. The quantitative estimate of drug-likeness (QED) is 0.874. The number of amides is 2. The highest BCUT2D eigenvalue weighted by atomic mass is 16.2. The first kappa shape index (κ1) is 18.2. The largest absolute Gasteiger partial charge is 0.272 e. The van der Waals surface area contributed by atoms with Gasteiger partial charge >= 0.3 is 0 Å². The van der Waals surface area contributed by atoms with Crippen LogP contribution in [0.25, 0.3) is 0 Å². The van der Waals surface area contributed by atoms with Crippen LogP contribution in [0.5, 0.6) is 0 Å². The molecule has 0 heterocycles. The predicted octanol–water partition coefficient (Wildman–Crippen LogP) is 3.34. The lowest BCUT2D eigenvalue weighted by molar-refractivity contribution is 0.0358. The van der Waals surface area contributed by atoms with Gasteiger partial charge < -0.3 is 0 Å². The monoisotopic (exact) mass is 335 g/mol. The molecule has 0 aliphatic rings. The van der Waals surface area contributed by atoms with Crippen LogP contribution < -0.4 is 5.43 Å². The standard InChI is InChI=1S/C20H21N3O2/c1-20(2,3)23(19(25)16-9-5-4-6-10-16)22-18(24)17-11-7-8-15(14-17)12-13-21/h4-11,14H,12H2,1-3H3,(H,22,24). The molecule has 0 aliphatic heterocycles. The molecular weight excluding hydrogens is 314 g/mol. The Kier molecular flexibility index (Phi) is 5.56. The zero-order chi connectivity index (χ0) is 18.4. The summed E-state index contributed by atoms with van der Waals surface area (Å²) in [4.78, 5) is 25.4. The average molecular weight is 335 g/mol. The number of rotatable bonds is 3. The van der Waals surface area contributed by atoms with Crippen molar-refractivity contribution in [1.82, 2.24) is 10.4 Å². The summed E-state index contributed by atoms with van der Waals surface area (Å²) >= 11 is 0. The van der Waals surface area contributed by atoms with E-state index in [0.717, 1.165) is 5.56 Å². The molecule has 0 fully saturated rings. The van der Waals surface area contributed by atoms with Crippen LogP contribution in [0.2, 0.25) is 0 Å². The normalized spacial score (nSPS) is 10.6. The number of hydrogen-bond acceptors (Lipinski definition) is 3. The maximum Gasteiger partial charge on any atom is 0.272 e. The van der Waals surface area contributed by atoms with Gasteiger partial charge in [-0.25, -0.2) is 5.01 Å². The van der Waals surface area contributed by atoms with Crippen LogP contribution in [-0.4, -0.2) is 22.4 Å². The molecule has 0 atom stereocenters. The summed E-state index contributed by atoms with van der Waals surface area (Å²) in [5.74, 6) is -0.673. The molecule has 0 aliphatic carbocycles. The van der Waals surface area contributed by atoms with Gasteiger partial charge in [-0.1, -0.05) is 30.3 Å². The molecule has 2 aromatic carbocycles. The van der Waals surface area contributed by atoms with Crippen LogP contribution in [0.15, 0.2) is 54.6 Å². The Morgan fingerprint density at radius 3 is 2.28 bits per heavy atom. The lowest BCUT2D eigenvalue weighted by Crippen LogP contribution is -2.55. The highest BCUT2D eigenvalue weighted by Crippen LogP contribution is 2.16. The van der Waals surface area contributed by atoms with Crippen LogP contribution in [-0.2, 0) is 6.42 Å². The summed E-state index contributed by atoms with van der Waals surface area (Å²) in [5, 5.41) is 10.1. The molecule has 0 unspecified atom stereocenters. The Hall–Kier alpha value is -3.13. The van der Waals surface area contributed by atoms with Crippen LogP contribution >= 0.6 is 0 Å². The fourth-order valence-electron chi connectivity index (χ4n) is 2.31. The molecule has 128 valence electrons. The summed E-state index contributed by atoms with van der Waals surface area (Å²) in [5.41, 5.74) is 3.76.